The average Bonchev–Trinajstić information content (AvgIpc) is 2.44. The third-order valence-electron chi connectivity index (χ3n) is 3.02. The van der Waals surface area contributed by atoms with E-state index in [-0.39, 0.29) is 0 Å². The summed E-state index contributed by atoms with van der Waals surface area (Å²) >= 11 is 0. The SMILES string of the molecule is CCC(C)OC(=O)C[C@H](NC(=O)C(F)(F)F)C(=O)OC(C)CC. The summed E-state index contributed by atoms with van der Waals surface area (Å²) < 4.78 is 46.7. The molecule has 9 heteroatoms. The molecule has 0 bridgehead atoms. The summed E-state index contributed by atoms with van der Waals surface area (Å²) in [5.41, 5.74) is 0. The number of halogens is 3. The summed E-state index contributed by atoms with van der Waals surface area (Å²) in [7, 11) is 0. The van der Waals surface area contributed by atoms with Gasteiger partial charge < -0.3 is 14.8 Å². The standard InChI is InChI=1S/C14H22F3NO5/c1-5-8(3)22-11(19)7-10(12(20)23-9(4)6-2)18-13(21)14(15,16)17/h8-10H,5-7H2,1-4H3,(H,18,21)/t8?,9?,10-/m0/s1. The number of carbonyl (C=O) groups excluding carboxylic acids is 3. The molecule has 0 heterocycles. The summed E-state index contributed by atoms with van der Waals surface area (Å²) in [5, 5.41) is 1.47. The number of hydrogen-bond donors (Lipinski definition) is 1. The molecular weight excluding hydrogens is 319 g/mol. The van der Waals surface area contributed by atoms with E-state index in [1.165, 1.54) is 12.2 Å². The molecule has 0 aliphatic rings. The summed E-state index contributed by atoms with van der Waals surface area (Å²) in [6.07, 6.45) is -5.98. The van der Waals surface area contributed by atoms with E-state index in [0.717, 1.165) is 0 Å². The van der Waals surface area contributed by atoms with Crippen molar-refractivity contribution in [3.05, 3.63) is 0 Å². The molecule has 134 valence electrons. The predicted octanol–water partition coefficient (Wildman–Crippen LogP) is 2.11. The van der Waals surface area contributed by atoms with Crippen LogP contribution in [-0.4, -0.2) is 42.3 Å². The largest absolute Gasteiger partial charge is 0.471 e. The lowest BCUT2D eigenvalue weighted by Gasteiger charge is -2.21. The van der Waals surface area contributed by atoms with Gasteiger partial charge in [0.25, 0.3) is 0 Å². The van der Waals surface area contributed by atoms with Crippen LogP contribution in [0.15, 0.2) is 0 Å². The molecule has 0 saturated heterocycles. The monoisotopic (exact) mass is 341 g/mol. The maximum Gasteiger partial charge on any atom is 0.471 e. The second kappa shape index (κ2) is 9.36. The summed E-state index contributed by atoms with van der Waals surface area (Å²) in [6.45, 7) is 6.59. The topological polar surface area (TPSA) is 81.7 Å². The fourth-order valence-electron chi connectivity index (χ4n) is 1.32. The second-order valence-electron chi connectivity index (χ2n) is 5.09. The molecule has 0 aromatic heterocycles. The van der Waals surface area contributed by atoms with Gasteiger partial charge in [-0.2, -0.15) is 13.2 Å². The Balaban J connectivity index is 4.96. The van der Waals surface area contributed by atoms with Crippen molar-refractivity contribution < 1.29 is 37.0 Å². The summed E-state index contributed by atoms with van der Waals surface area (Å²) in [5.74, 6) is -4.33. The minimum absolute atomic E-state index is 0.434. The maximum atomic E-state index is 12.3. The first-order chi connectivity index (χ1) is 10.5. The van der Waals surface area contributed by atoms with Crippen molar-refractivity contribution in [2.75, 3.05) is 0 Å². The van der Waals surface area contributed by atoms with Crippen molar-refractivity contribution in [2.45, 2.75) is 71.4 Å². The van der Waals surface area contributed by atoms with Crippen LogP contribution < -0.4 is 5.32 Å². The number of rotatable bonds is 8. The van der Waals surface area contributed by atoms with Gasteiger partial charge in [-0.15, -0.1) is 0 Å². The van der Waals surface area contributed by atoms with Gasteiger partial charge in [-0.1, -0.05) is 13.8 Å². The highest BCUT2D eigenvalue weighted by Crippen LogP contribution is 2.15. The second-order valence-corrected chi connectivity index (χ2v) is 5.09. The van der Waals surface area contributed by atoms with Gasteiger partial charge in [0, 0.05) is 0 Å². The van der Waals surface area contributed by atoms with Crippen LogP contribution in [0.5, 0.6) is 0 Å². The number of ether oxygens (including phenoxy) is 2. The van der Waals surface area contributed by atoms with E-state index >= 15 is 0 Å². The third-order valence-corrected chi connectivity index (χ3v) is 3.02. The van der Waals surface area contributed by atoms with Crippen LogP contribution >= 0.6 is 0 Å². The molecule has 0 fully saturated rings. The lowest BCUT2D eigenvalue weighted by atomic mass is 10.2. The van der Waals surface area contributed by atoms with Gasteiger partial charge in [0.15, 0.2) is 0 Å². The highest BCUT2D eigenvalue weighted by atomic mass is 19.4. The van der Waals surface area contributed by atoms with E-state index in [0.29, 0.717) is 12.8 Å². The predicted molar refractivity (Wildman–Crippen MR) is 74.3 cm³/mol. The van der Waals surface area contributed by atoms with Gasteiger partial charge in [-0.05, 0) is 26.7 Å². The fraction of sp³-hybridized carbons (Fsp3) is 0.786. The molecule has 0 saturated carbocycles. The van der Waals surface area contributed by atoms with Crippen molar-refractivity contribution >= 4 is 17.8 Å². The first kappa shape index (κ1) is 21.2. The van der Waals surface area contributed by atoms with Crippen LogP contribution in [0.25, 0.3) is 0 Å². The Morgan fingerprint density at radius 2 is 1.48 bits per heavy atom. The Morgan fingerprint density at radius 1 is 1.00 bits per heavy atom. The van der Waals surface area contributed by atoms with Gasteiger partial charge in [0.2, 0.25) is 0 Å². The zero-order valence-corrected chi connectivity index (χ0v) is 13.5. The molecule has 0 radical (unpaired) electrons. The maximum absolute atomic E-state index is 12.3. The molecule has 0 aromatic carbocycles. The Labute approximate surface area is 132 Å². The van der Waals surface area contributed by atoms with E-state index in [2.05, 4.69) is 0 Å². The van der Waals surface area contributed by atoms with Crippen LogP contribution in [-0.2, 0) is 23.9 Å². The molecule has 3 atom stereocenters. The number of carbonyl (C=O) groups is 3. The first-order valence-corrected chi connectivity index (χ1v) is 7.28. The molecule has 23 heavy (non-hydrogen) atoms. The van der Waals surface area contributed by atoms with E-state index in [1.54, 1.807) is 20.8 Å². The third kappa shape index (κ3) is 8.41. The lowest BCUT2D eigenvalue weighted by Crippen LogP contribution is -2.49. The molecule has 0 aromatic rings. The van der Waals surface area contributed by atoms with Crippen molar-refractivity contribution in [2.24, 2.45) is 0 Å². The first-order valence-electron chi connectivity index (χ1n) is 7.28. The Bertz CT molecular complexity index is 425. The van der Waals surface area contributed by atoms with Gasteiger partial charge in [-0.25, -0.2) is 4.79 Å². The molecule has 2 unspecified atom stereocenters. The zero-order valence-electron chi connectivity index (χ0n) is 13.5. The zero-order chi connectivity index (χ0) is 18.2. The highest BCUT2D eigenvalue weighted by Gasteiger charge is 2.41. The van der Waals surface area contributed by atoms with Crippen LogP contribution in [0.2, 0.25) is 0 Å². The normalized spacial score (nSPS) is 15.3. The number of alkyl halides is 3. The van der Waals surface area contributed by atoms with Crippen LogP contribution in [0.1, 0.15) is 47.0 Å². The highest BCUT2D eigenvalue weighted by molar-refractivity contribution is 5.90. The van der Waals surface area contributed by atoms with E-state index in [1.807, 2.05) is 0 Å². The molecule has 0 spiro atoms. The Morgan fingerprint density at radius 3 is 1.91 bits per heavy atom. The number of nitrogens with one attached hydrogen (secondary N) is 1. The molecule has 0 aliphatic heterocycles. The van der Waals surface area contributed by atoms with E-state index in [9.17, 15) is 27.6 Å². The van der Waals surface area contributed by atoms with Crippen molar-refractivity contribution in [3.8, 4) is 0 Å². The van der Waals surface area contributed by atoms with Gasteiger partial charge in [-0.3, -0.25) is 9.59 Å². The van der Waals surface area contributed by atoms with Crippen LogP contribution in [0.3, 0.4) is 0 Å². The van der Waals surface area contributed by atoms with Crippen molar-refractivity contribution in [1.29, 1.82) is 0 Å². The van der Waals surface area contributed by atoms with Crippen LogP contribution in [0.4, 0.5) is 13.2 Å². The summed E-state index contributed by atoms with van der Waals surface area (Å²) in [4.78, 5) is 34.5. The molecular formula is C14H22F3NO5. The minimum Gasteiger partial charge on any atom is -0.463 e. The number of amides is 1. The minimum atomic E-state index is -5.17. The fourth-order valence-corrected chi connectivity index (χ4v) is 1.32. The average molecular weight is 341 g/mol. The van der Waals surface area contributed by atoms with E-state index < -0.39 is 48.7 Å². The van der Waals surface area contributed by atoms with Gasteiger partial charge in [0.1, 0.15) is 6.04 Å². The smallest absolute Gasteiger partial charge is 0.463 e. The summed E-state index contributed by atoms with van der Waals surface area (Å²) in [6, 6.07) is -1.75. The quantitative estimate of drug-likeness (QED) is 0.684. The molecule has 0 rings (SSSR count). The molecule has 6 nitrogen and oxygen atoms in total. The van der Waals surface area contributed by atoms with Crippen LogP contribution in [0, 0.1) is 0 Å². The van der Waals surface area contributed by atoms with Gasteiger partial charge in [0.05, 0.1) is 18.6 Å². The van der Waals surface area contributed by atoms with Gasteiger partial charge >= 0.3 is 24.0 Å². The molecule has 1 N–H and O–H groups in total. The lowest BCUT2D eigenvalue weighted by molar-refractivity contribution is -0.177. The molecule has 0 aliphatic carbocycles. The van der Waals surface area contributed by atoms with Crippen molar-refractivity contribution in [3.63, 3.8) is 0 Å². The van der Waals surface area contributed by atoms with E-state index in [4.69, 9.17) is 9.47 Å². The Hall–Kier alpha value is -1.80. The van der Waals surface area contributed by atoms with Crippen molar-refractivity contribution in [1.82, 2.24) is 5.32 Å². The Kier molecular flexibility index (Phi) is 8.63. The molecule has 1 amide bonds. The number of esters is 2. The number of hydrogen-bond acceptors (Lipinski definition) is 5.